The fourth-order valence-corrected chi connectivity index (χ4v) is 1.35. The molecular weight excluding hydrogens is 206 g/mol. The number of ketones is 1. The van der Waals surface area contributed by atoms with E-state index >= 15 is 0 Å². The first kappa shape index (κ1) is 10.5. The van der Waals surface area contributed by atoms with Gasteiger partial charge in [-0.3, -0.25) is 9.78 Å². The van der Waals surface area contributed by atoms with Gasteiger partial charge < -0.3 is 4.52 Å². The van der Waals surface area contributed by atoms with Crippen LogP contribution >= 0.6 is 0 Å². The smallest absolute Gasteiger partial charge is 0.234 e. The van der Waals surface area contributed by atoms with Crippen LogP contribution in [0.4, 0.5) is 0 Å². The Balaban J connectivity index is 2.32. The van der Waals surface area contributed by atoms with Crippen molar-refractivity contribution in [1.29, 1.82) is 0 Å². The zero-order chi connectivity index (χ0) is 11.5. The van der Waals surface area contributed by atoms with Crippen molar-refractivity contribution in [2.45, 2.75) is 20.3 Å². The standard InChI is InChI=1S/C11H11N3O2/c1-7-3-4-12-6-9(7)11-13-10(16-14-11)5-8(2)15/h3-4,6H,5H2,1-2H3. The Morgan fingerprint density at radius 1 is 1.50 bits per heavy atom. The fraction of sp³-hybridized carbons (Fsp3) is 0.273. The molecule has 0 atom stereocenters. The molecule has 0 spiro atoms. The first-order valence-electron chi connectivity index (χ1n) is 4.90. The number of Topliss-reactive ketones (excluding diaryl/α,β-unsaturated/α-hetero) is 1. The molecule has 0 fully saturated rings. The van der Waals surface area contributed by atoms with Crippen LogP contribution in [0.25, 0.3) is 11.4 Å². The van der Waals surface area contributed by atoms with Gasteiger partial charge in [0.05, 0.1) is 6.42 Å². The summed E-state index contributed by atoms with van der Waals surface area (Å²) in [6.45, 7) is 3.43. The van der Waals surface area contributed by atoms with Crippen LogP contribution in [0.15, 0.2) is 23.0 Å². The van der Waals surface area contributed by atoms with Crippen LogP contribution in [0.5, 0.6) is 0 Å². The second-order valence-corrected chi connectivity index (χ2v) is 3.58. The van der Waals surface area contributed by atoms with E-state index in [1.165, 1.54) is 6.92 Å². The van der Waals surface area contributed by atoms with Crippen LogP contribution in [0.3, 0.4) is 0 Å². The van der Waals surface area contributed by atoms with Gasteiger partial charge in [-0.25, -0.2) is 0 Å². The van der Waals surface area contributed by atoms with E-state index in [1.807, 2.05) is 13.0 Å². The predicted octanol–water partition coefficient (Wildman–Crippen LogP) is 1.57. The van der Waals surface area contributed by atoms with Gasteiger partial charge in [-0.1, -0.05) is 5.16 Å². The predicted molar refractivity (Wildman–Crippen MR) is 56.7 cm³/mol. The number of pyridine rings is 1. The average Bonchev–Trinajstić information content (AvgIpc) is 2.66. The molecule has 0 bridgehead atoms. The summed E-state index contributed by atoms with van der Waals surface area (Å²) in [7, 11) is 0. The first-order chi connectivity index (χ1) is 7.66. The van der Waals surface area contributed by atoms with Crippen LogP contribution in [0.1, 0.15) is 18.4 Å². The van der Waals surface area contributed by atoms with E-state index in [1.54, 1.807) is 12.4 Å². The van der Waals surface area contributed by atoms with Crippen molar-refractivity contribution in [2.24, 2.45) is 0 Å². The van der Waals surface area contributed by atoms with E-state index in [-0.39, 0.29) is 12.2 Å². The number of carbonyl (C=O) groups is 1. The molecule has 0 saturated heterocycles. The van der Waals surface area contributed by atoms with Crippen molar-refractivity contribution in [1.82, 2.24) is 15.1 Å². The Morgan fingerprint density at radius 2 is 2.31 bits per heavy atom. The summed E-state index contributed by atoms with van der Waals surface area (Å²) >= 11 is 0. The monoisotopic (exact) mass is 217 g/mol. The summed E-state index contributed by atoms with van der Waals surface area (Å²) in [5.74, 6) is 0.811. The number of hydrogen-bond acceptors (Lipinski definition) is 5. The highest BCUT2D eigenvalue weighted by Crippen LogP contribution is 2.18. The van der Waals surface area contributed by atoms with Crippen molar-refractivity contribution < 1.29 is 9.32 Å². The first-order valence-corrected chi connectivity index (χ1v) is 4.90. The lowest BCUT2D eigenvalue weighted by molar-refractivity contribution is -0.116. The summed E-state index contributed by atoms with van der Waals surface area (Å²) < 4.78 is 4.98. The van der Waals surface area contributed by atoms with Crippen molar-refractivity contribution in [3.05, 3.63) is 29.9 Å². The van der Waals surface area contributed by atoms with E-state index in [4.69, 9.17) is 4.52 Å². The van der Waals surface area contributed by atoms with E-state index < -0.39 is 0 Å². The molecule has 82 valence electrons. The van der Waals surface area contributed by atoms with Gasteiger partial charge in [0.2, 0.25) is 11.7 Å². The average molecular weight is 217 g/mol. The lowest BCUT2D eigenvalue weighted by Crippen LogP contribution is -1.96. The van der Waals surface area contributed by atoms with Crippen LogP contribution < -0.4 is 0 Å². The Hall–Kier alpha value is -2.04. The summed E-state index contributed by atoms with van der Waals surface area (Å²) in [5.41, 5.74) is 1.84. The third-order valence-electron chi connectivity index (χ3n) is 2.15. The highest BCUT2D eigenvalue weighted by Gasteiger charge is 2.11. The number of nitrogens with zero attached hydrogens (tertiary/aromatic N) is 3. The molecule has 0 aliphatic carbocycles. The molecule has 0 unspecified atom stereocenters. The molecule has 2 aromatic heterocycles. The van der Waals surface area contributed by atoms with Gasteiger partial charge in [0.25, 0.3) is 0 Å². The maximum atomic E-state index is 10.9. The molecule has 2 aromatic rings. The van der Waals surface area contributed by atoms with Crippen molar-refractivity contribution in [3.63, 3.8) is 0 Å². The number of aryl methyl sites for hydroxylation is 1. The minimum atomic E-state index is -0.00175. The van der Waals surface area contributed by atoms with Gasteiger partial charge in [0.1, 0.15) is 5.78 Å². The lowest BCUT2D eigenvalue weighted by Gasteiger charge is -1.97. The maximum absolute atomic E-state index is 10.9. The minimum absolute atomic E-state index is 0.00175. The van der Waals surface area contributed by atoms with Crippen LogP contribution in [0, 0.1) is 6.92 Å². The maximum Gasteiger partial charge on any atom is 0.234 e. The van der Waals surface area contributed by atoms with E-state index in [0.717, 1.165) is 11.1 Å². The van der Waals surface area contributed by atoms with Crippen LogP contribution in [0.2, 0.25) is 0 Å². The molecule has 0 aromatic carbocycles. The summed E-state index contributed by atoms with van der Waals surface area (Å²) in [6.07, 6.45) is 3.56. The summed E-state index contributed by atoms with van der Waals surface area (Å²) in [6, 6.07) is 1.87. The molecule has 5 nitrogen and oxygen atoms in total. The van der Waals surface area contributed by atoms with E-state index in [0.29, 0.717) is 11.7 Å². The van der Waals surface area contributed by atoms with Crippen molar-refractivity contribution in [3.8, 4) is 11.4 Å². The van der Waals surface area contributed by atoms with Crippen LogP contribution in [-0.2, 0) is 11.2 Å². The Kier molecular flexibility index (Phi) is 2.76. The molecule has 0 aliphatic heterocycles. The molecule has 0 saturated carbocycles. The summed E-state index contributed by atoms with van der Waals surface area (Å²) in [4.78, 5) is 19.0. The Labute approximate surface area is 92.5 Å². The largest absolute Gasteiger partial charge is 0.338 e. The molecule has 2 rings (SSSR count). The molecule has 0 aliphatic rings. The third-order valence-corrected chi connectivity index (χ3v) is 2.15. The van der Waals surface area contributed by atoms with Gasteiger partial charge in [0, 0.05) is 18.0 Å². The van der Waals surface area contributed by atoms with Gasteiger partial charge in [0.15, 0.2) is 0 Å². The van der Waals surface area contributed by atoms with Gasteiger partial charge in [-0.15, -0.1) is 0 Å². The van der Waals surface area contributed by atoms with E-state index in [2.05, 4.69) is 15.1 Å². The molecule has 16 heavy (non-hydrogen) atoms. The zero-order valence-electron chi connectivity index (χ0n) is 9.10. The van der Waals surface area contributed by atoms with Crippen molar-refractivity contribution in [2.75, 3.05) is 0 Å². The minimum Gasteiger partial charge on any atom is -0.338 e. The van der Waals surface area contributed by atoms with Gasteiger partial charge in [-0.05, 0) is 25.5 Å². The molecule has 0 radical (unpaired) electrons. The number of rotatable bonds is 3. The summed E-state index contributed by atoms with van der Waals surface area (Å²) in [5, 5.41) is 3.82. The molecule has 0 amide bonds. The Morgan fingerprint density at radius 3 is 3.00 bits per heavy atom. The molecular formula is C11H11N3O2. The second-order valence-electron chi connectivity index (χ2n) is 3.58. The van der Waals surface area contributed by atoms with E-state index in [9.17, 15) is 4.79 Å². The number of carbonyl (C=O) groups excluding carboxylic acids is 1. The highest BCUT2D eigenvalue weighted by atomic mass is 16.5. The SMILES string of the molecule is CC(=O)Cc1nc(-c2cnccc2C)no1. The molecule has 5 heteroatoms. The van der Waals surface area contributed by atoms with Crippen LogP contribution in [-0.4, -0.2) is 20.9 Å². The normalized spacial score (nSPS) is 10.4. The highest BCUT2D eigenvalue weighted by molar-refractivity contribution is 5.77. The quantitative estimate of drug-likeness (QED) is 0.780. The van der Waals surface area contributed by atoms with Gasteiger partial charge in [-0.2, -0.15) is 4.98 Å². The topological polar surface area (TPSA) is 68.9 Å². The van der Waals surface area contributed by atoms with Crippen molar-refractivity contribution >= 4 is 5.78 Å². The second kappa shape index (κ2) is 4.22. The number of aromatic nitrogens is 3. The fourth-order valence-electron chi connectivity index (χ4n) is 1.35. The number of hydrogen-bond donors (Lipinski definition) is 0. The molecule has 2 heterocycles. The molecule has 0 N–H and O–H groups in total. The zero-order valence-corrected chi connectivity index (χ0v) is 9.10. The lowest BCUT2D eigenvalue weighted by atomic mass is 10.1. The van der Waals surface area contributed by atoms with Gasteiger partial charge >= 0.3 is 0 Å². The Bertz CT molecular complexity index is 519. The third kappa shape index (κ3) is 2.13.